The highest BCUT2D eigenvalue weighted by Gasteiger charge is 2.16. The van der Waals surface area contributed by atoms with E-state index in [1.54, 1.807) is 0 Å². The monoisotopic (exact) mass is 205 g/mol. The first kappa shape index (κ1) is 10.1. The first-order chi connectivity index (χ1) is 7.20. The molecule has 3 nitrogen and oxygen atoms in total. The number of nitrogens with two attached hydrogens (primary N) is 1. The standard InChI is InChI=1S/C12H15NO2/c1-3-9-5-7-11(15-9)12(13)10-6-4-8(2)14-10/h4-7,12H,3,13H2,1-2H3. The maximum Gasteiger partial charge on any atom is 0.128 e. The molecule has 0 radical (unpaired) electrons. The van der Waals surface area contributed by atoms with Gasteiger partial charge < -0.3 is 14.6 Å². The quantitative estimate of drug-likeness (QED) is 0.838. The van der Waals surface area contributed by atoms with Gasteiger partial charge in [-0.2, -0.15) is 0 Å². The molecule has 0 aliphatic carbocycles. The van der Waals surface area contributed by atoms with Crippen LogP contribution in [0.5, 0.6) is 0 Å². The molecule has 0 spiro atoms. The predicted molar refractivity (Wildman–Crippen MR) is 57.6 cm³/mol. The van der Waals surface area contributed by atoms with Crippen molar-refractivity contribution in [2.45, 2.75) is 26.3 Å². The van der Waals surface area contributed by atoms with E-state index in [9.17, 15) is 0 Å². The van der Waals surface area contributed by atoms with Crippen molar-refractivity contribution in [3.8, 4) is 0 Å². The Labute approximate surface area is 88.9 Å². The fourth-order valence-electron chi connectivity index (χ4n) is 1.51. The van der Waals surface area contributed by atoms with E-state index in [1.807, 2.05) is 38.1 Å². The average Bonchev–Trinajstić information content (AvgIpc) is 2.84. The van der Waals surface area contributed by atoms with Crippen molar-refractivity contribution in [1.29, 1.82) is 0 Å². The second kappa shape index (κ2) is 3.95. The molecule has 2 aromatic heterocycles. The Morgan fingerprint density at radius 1 is 1.13 bits per heavy atom. The average molecular weight is 205 g/mol. The molecule has 0 saturated carbocycles. The summed E-state index contributed by atoms with van der Waals surface area (Å²) in [5.74, 6) is 3.30. The van der Waals surface area contributed by atoms with Crippen molar-refractivity contribution >= 4 is 0 Å². The lowest BCUT2D eigenvalue weighted by Gasteiger charge is -2.04. The fraction of sp³-hybridized carbons (Fsp3) is 0.333. The zero-order chi connectivity index (χ0) is 10.8. The van der Waals surface area contributed by atoms with Crippen molar-refractivity contribution in [2.24, 2.45) is 5.73 Å². The lowest BCUT2D eigenvalue weighted by molar-refractivity contribution is 0.407. The molecule has 2 aromatic rings. The Balaban J connectivity index is 2.23. The lowest BCUT2D eigenvalue weighted by Crippen LogP contribution is -2.09. The first-order valence-electron chi connectivity index (χ1n) is 5.11. The van der Waals surface area contributed by atoms with Gasteiger partial charge in [0.2, 0.25) is 0 Å². The van der Waals surface area contributed by atoms with Crippen molar-refractivity contribution in [3.63, 3.8) is 0 Å². The van der Waals surface area contributed by atoms with Gasteiger partial charge in [-0.05, 0) is 31.2 Å². The van der Waals surface area contributed by atoms with Crippen LogP contribution in [0, 0.1) is 6.92 Å². The van der Waals surface area contributed by atoms with Gasteiger partial charge in [-0.3, -0.25) is 0 Å². The van der Waals surface area contributed by atoms with Crippen LogP contribution in [-0.2, 0) is 6.42 Å². The topological polar surface area (TPSA) is 52.3 Å². The largest absolute Gasteiger partial charge is 0.464 e. The molecule has 3 heteroatoms. The van der Waals surface area contributed by atoms with Gasteiger partial charge in [-0.25, -0.2) is 0 Å². The Kier molecular flexibility index (Phi) is 2.64. The van der Waals surface area contributed by atoms with Crippen LogP contribution in [0.1, 0.15) is 36.0 Å². The lowest BCUT2D eigenvalue weighted by atomic mass is 10.2. The van der Waals surface area contributed by atoms with Crippen molar-refractivity contribution in [1.82, 2.24) is 0 Å². The van der Waals surface area contributed by atoms with Gasteiger partial charge in [-0.1, -0.05) is 6.92 Å². The van der Waals surface area contributed by atoms with Crippen LogP contribution in [-0.4, -0.2) is 0 Å². The summed E-state index contributed by atoms with van der Waals surface area (Å²) in [6.45, 7) is 3.95. The molecule has 0 saturated heterocycles. The molecule has 80 valence electrons. The molecular formula is C12H15NO2. The third-order valence-corrected chi connectivity index (χ3v) is 2.41. The Morgan fingerprint density at radius 2 is 1.80 bits per heavy atom. The molecule has 1 atom stereocenters. The zero-order valence-electron chi connectivity index (χ0n) is 8.99. The van der Waals surface area contributed by atoms with Gasteiger partial charge >= 0.3 is 0 Å². The predicted octanol–water partition coefficient (Wildman–Crippen LogP) is 2.79. The van der Waals surface area contributed by atoms with Gasteiger partial charge in [0, 0.05) is 6.42 Å². The molecule has 2 heterocycles. The van der Waals surface area contributed by atoms with Gasteiger partial charge in [0.15, 0.2) is 0 Å². The number of hydrogen-bond acceptors (Lipinski definition) is 3. The van der Waals surface area contributed by atoms with E-state index in [2.05, 4.69) is 0 Å². The second-order valence-corrected chi connectivity index (χ2v) is 3.58. The van der Waals surface area contributed by atoms with Crippen molar-refractivity contribution < 1.29 is 8.83 Å². The summed E-state index contributed by atoms with van der Waals surface area (Å²) < 4.78 is 11.0. The van der Waals surface area contributed by atoms with E-state index in [4.69, 9.17) is 14.6 Å². The number of rotatable bonds is 3. The molecule has 1 unspecified atom stereocenters. The summed E-state index contributed by atoms with van der Waals surface area (Å²) in [5, 5.41) is 0. The van der Waals surface area contributed by atoms with Gasteiger partial charge in [-0.15, -0.1) is 0 Å². The SMILES string of the molecule is CCc1ccc(C(N)c2ccc(C)o2)o1. The minimum Gasteiger partial charge on any atom is -0.464 e. The number of furan rings is 2. The molecule has 0 bridgehead atoms. The van der Waals surface area contributed by atoms with Crippen LogP contribution in [0.3, 0.4) is 0 Å². The molecule has 0 amide bonds. The van der Waals surface area contributed by atoms with E-state index < -0.39 is 0 Å². The molecule has 0 aliphatic heterocycles. The molecule has 2 N–H and O–H groups in total. The smallest absolute Gasteiger partial charge is 0.128 e. The molecular weight excluding hydrogens is 190 g/mol. The minimum absolute atomic E-state index is 0.306. The number of hydrogen-bond donors (Lipinski definition) is 1. The normalized spacial score (nSPS) is 13.0. The van der Waals surface area contributed by atoms with Crippen molar-refractivity contribution in [3.05, 3.63) is 47.3 Å². The van der Waals surface area contributed by atoms with Gasteiger partial charge in [0.05, 0.1) is 0 Å². The highest BCUT2D eigenvalue weighted by Crippen LogP contribution is 2.23. The van der Waals surface area contributed by atoms with E-state index in [0.717, 1.165) is 29.5 Å². The van der Waals surface area contributed by atoms with Crippen LogP contribution < -0.4 is 5.73 Å². The minimum atomic E-state index is -0.306. The van der Waals surface area contributed by atoms with E-state index in [1.165, 1.54) is 0 Å². The summed E-state index contributed by atoms with van der Waals surface area (Å²) in [6, 6.07) is 7.33. The Morgan fingerprint density at radius 3 is 2.33 bits per heavy atom. The van der Waals surface area contributed by atoms with E-state index in [0.29, 0.717) is 0 Å². The summed E-state index contributed by atoms with van der Waals surface area (Å²) in [6.07, 6.45) is 0.879. The summed E-state index contributed by atoms with van der Waals surface area (Å²) in [4.78, 5) is 0. The third-order valence-electron chi connectivity index (χ3n) is 2.41. The highest BCUT2D eigenvalue weighted by molar-refractivity contribution is 5.20. The molecule has 2 rings (SSSR count). The van der Waals surface area contributed by atoms with Crippen LogP contribution in [0.2, 0.25) is 0 Å². The summed E-state index contributed by atoms with van der Waals surface area (Å²) in [7, 11) is 0. The van der Waals surface area contributed by atoms with Gasteiger partial charge in [0.1, 0.15) is 29.1 Å². The maximum atomic E-state index is 6.01. The Bertz CT molecular complexity index is 442. The fourth-order valence-corrected chi connectivity index (χ4v) is 1.51. The Hall–Kier alpha value is -1.48. The zero-order valence-corrected chi connectivity index (χ0v) is 8.99. The van der Waals surface area contributed by atoms with Crippen LogP contribution >= 0.6 is 0 Å². The highest BCUT2D eigenvalue weighted by atomic mass is 16.4. The van der Waals surface area contributed by atoms with E-state index >= 15 is 0 Å². The molecule has 0 aromatic carbocycles. The van der Waals surface area contributed by atoms with Crippen LogP contribution in [0.15, 0.2) is 33.1 Å². The van der Waals surface area contributed by atoms with Crippen molar-refractivity contribution in [2.75, 3.05) is 0 Å². The van der Waals surface area contributed by atoms with Crippen LogP contribution in [0.4, 0.5) is 0 Å². The summed E-state index contributed by atoms with van der Waals surface area (Å²) in [5.41, 5.74) is 6.01. The third kappa shape index (κ3) is 1.97. The second-order valence-electron chi connectivity index (χ2n) is 3.58. The number of aryl methyl sites for hydroxylation is 2. The van der Waals surface area contributed by atoms with E-state index in [-0.39, 0.29) is 6.04 Å². The molecule has 15 heavy (non-hydrogen) atoms. The molecule has 0 aliphatic rings. The maximum absolute atomic E-state index is 6.01. The van der Waals surface area contributed by atoms with Crippen LogP contribution in [0.25, 0.3) is 0 Å². The van der Waals surface area contributed by atoms with Gasteiger partial charge in [0.25, 0.3) is 0 Å². The molecule has 0 fully saturated rings. The first-order valence-corrected chi connectivity index (χ1v) is 5.11. The summed E-state index contributed by atoms with van der Waals surface area (Å²) >= 11 is 0.